The van der Waals surface area contributed by atoms with Crippen LogP contribution in [0.15, 0.2) is 0 Å². The Morgan fingerprint density at radius 2 is 1.92 bits per heavy atom. The van der Waals surface area contributed by atoms with E-state index in [1.807, 2.05) is 6.79 Å². The Hall–Kier alpha value is -0.410. The van der Waals surface area contributed by atoms with Crippen molar-refractivity contribution in [3.63, 3.8) is 0 Å². The fourth-order valence-corrected chi connectivity index (χ4v) is 2.12. The fraction of sp³-hybridized carbons (Fsp3) is 0.900. The van der Waals surface area contributed by atoms with Crippen LogP contribution in [0.25, 0.3) is 0 Å². The van der Waals surface area contributed by atoms with Gasteiger partial charge in [0, 0.05) is 12.6 Å². The maximum Gasteiger partial charge on any atom is 0.106 e. The topological polar surface area (TPSA) is 32.3 Å². The van der Waals surface area contributed by atoms with Crippen molar-refractivity contribution in [1.82, 2.24) is 10.2 Å². The average Bonchev–Trinajstić information content (AvgIpc) is 2.06. The van der Waals surface area contributed by atoms with Crippen molar-refractivity contribution in [2.45, 2.75) is 26.3 Å². The number of hydrogen-bond donors (Lipinski definition) is 1. The molecule has 0 radical (unpaired) electrons. The predicted octanol–water partition coefficient (Wildman–Crippen LogP) is 0.751. The van der Waals surface area contributed by atoms with Crippen molar-refractivity contribution >= 4 is 6.79 Å². The van der Waals surface area contributed by atoms with Gasteiger partial charge in [-0.2, -0.15) is 0 Å². The summed E-state index contributed by atoms with van der Waals surface area (Å²) in [6.45, 7) is 9.00. The first kappa shape index (κ1) is 12.6. The Bertz CT molecular complexity index is 146. The van der Waals surface area contributed by atoms with Crippen molar-refractivity contribution < 1.29 is 4.79 Å². The van der Waals surface area contributed by atoms with Crippen LogP contribution in [0.1, 0.15) is 20.3 Å². The lowest BCUT2D eigenvalue weighted by molar-refractivity contribution is -0.0979. The lowest BCUT2D eigenvalue weighted by atomic mass is 9.79. The standard InChI is InChI=1S/C9H20N2.CH2O/c1-9(2)7-10-6-5-8(9)11(3)4;1-2/h8,10H,5-7H2,1-4H3;1H2. The summed E-state index contributed by atoms with van der Waals surface area (Å²) < 4.78 is 0. The molecule has 3 heteroatoms. The van der Waals surface area contributed by atoms with Crippen molar-refractivity contribution in [2.24, 2.45) is 5.41 Å². The molecule has 78 valence electrons. The molecule has 3 nitrogen and oxygen atoms in total. The average molecular weight is 186 g/mol. The molecule has 1 aliphatic heterocycles. The molecule has 0 amide bonds. The third-order valence-electron chi connectivity index (χ3n) is 2.70. The van der Waals surface area contributed by atoms with Crippen molar-refractivity contribution in [1.29, 1.82) is 0 Å². The van der Waals surface area contributed by atoms with Crippen LogP contribution in [0.5, 0.6) is 0 Å². The second kappa shape index (κ2) is 5.35. The van der Waals surface area contributed by atoms with Crippen LogP contribution >= 0.6 is 0 Å². The molecule has 1 unspecified atom stereocenters. The van der Waals surface area contributed by atoms with Gasteiger partial charge in [0.2, 0.25) is 0 Å². The number of piperidine rings is 1. The molecule has 1 atom stereocenters. The van der Waals surface area contributed by atoms with Gasteiger partial charge in [0.15, 0.2) is 0 Å². The summed E-state index contributed by atoms with van der Waals surface area (Å²) in [6.07, 6.45) is 1.28. The lowest BCUT2D eigenvalue weighted by Gasteiger charge is -2.42. The largest absolute Gasteiger partial charge is 0.316 e. The van der Waals surface area contributed by atoms with Gasteiger partial charge in [-0.3, -0.25) is 0 Å². The normalized spacial score (nSPS) is 26.4. The molecule has 0 aromatic rings. The van der Waals surface area contributed by atoms with E-state index in [9.17, 15) is 0 Å². The van der Waals surface area contributed by atoms with E-state index in [4.69, 9.17) is 4.79 Å². The number of rotatable bonds is 1. The maximum atomic E-state index is 8.00. The monoisotopic (exact) mass is 186 g/mol. The molecular weight excluding hydrogens is 164 g/mol. The first-order valence-corrected chi connectivity index (χ1v) is 4.70. The van der Waals surface area contributed by atoms with E-state index < -0.39 is 0 Å². The summed E-state index contributed by atoms with van der Waals surface area (Å²) in [7, 11) is 4.36. The summed E-state index contributed by atoms with van der Waals surface area (Å²) in [5.74, 6) is 0. The van der Waals surface area contributed by atoms with Crippen LogP contribution in [-0.2, 0) is 4.79 Å². The van der Waals surface area contributed by atoms with E-state index in [1.165, 1.54) is 13.0 Å². The zero-order valence-corrected chi connectivity index (χ0v) is 9.26. The zero-order chi connectivity index (χ0) is 10.5. The van der Waals surface area contributed by atoms with Gasteiger partial charge in [0.1, 0.15) is 6.79 Å². The van der Waals surface area contributed by atoms with Gasteiger partial charge in [-0.1, -0.05) is 13.8 Å². The quantitative estimate of drug-likeness (QED) is 0.656. The molecule has 1 aliphatic rings. The number of hydrogen-bond acceptors (Lipinski definition) is 3. The molecule has 0 saturated carbocycles. The third-order valence-corrected chi connectivity index (χ3v) is 2.70. The van der Waals surface area contributed by atoms with Gasteiger partial charge in [-0.25, -0.2) is 0 Å². The Morgan fingerprint density at radius 1 is 1.38 bits per heavy atom. The molecule has 1 fully saturated rings. The third kappa shape index (κ3) is 3.44. The van der Waals surface area contributed by atoms with Gasteiger partial charge in [0.25, 0.3) is 0 Å². The fourth-order valence-electron chi connectivity index (χ4n) is 2.12. The summed E-state index contributed by atoms with van der Waals surface area (Å²) in [4.78, 5) is 10.3. The SMILES string of the molecule is C=O.CN(C)C1CCNCC1(C)C. The predicted molar refractivity (Wildman–Crippen MR) is 55.9 cm³/mol. The second-order valence-corrected chi connectivity index (χ2v) is 4.43. The van der Waals surface area contributed by atoms with E-state index in [0.717, 1.165) is 12.6 Å². The lowest BCUT2D eigenvalue weighted by Crippen LogP contribution is -2.52. The van der Waals surface area contributed by atoms with Crippen LogP contribution < -0.4 is 5.32 Å². The van der Waals surface area contributed by atoms with Crippen molar-refractivity contribution in [3.05, 3.63) is 0 Å². The molecule has 1 saturated heterocycles. The van der Waals surface area contributed by atoms with E-state index >= 15 is 0 Å². The van der Waals surface area contributed by atoms with Crippen LogP contribution in [0.3, 0.4) is 0 Å². The minimum Gasteiger partial charge on any atom is -0.316 e. The molecule has 0 bridgehead atoms. The smallest absolute Gasteiger partial charge is 0.106 e. The minimum atomic E-state index is 0.432. The molecule has 0 spiro atoms. The number of nitrogens with one attached hydrogen (secondary N) is 1. The molecule has 0 aliphatic carbocycles. The highest BCUT2D eigenvalue weighted by atomic mass is 16.1. The highest BCUT2D eigenvalue weighted by molar-refractivity contribution is 5.10. The summed E-state index contributed by atoms with van der Waals surface area (Å²) >= 11 is 0. The first-order chi connectivity index (χ1) is 6.04. The Morgan fingerprint density at radius 3 is 2.23 bits per heavy atom. The van der Waals surface area contributed by atoms with E-state index in [-0.39, 0.29) is 0 Å². The first-order valence-electron chi connectivity index (χ1n) is 4.70. The van der Waals surface area contributed by atoms with Gasteiger partial charge >= 0.3 is 0 Å². The number of carbonyl (C=O) groups excluding carboxylic acids is 1. The Kier molecular flexibility index (Phi) is 5.18. The van der Waals surface area contributed by atoms with Gasteiger partial charge in [-0.15, -0.1) is 0 Å². The van der Waals surface area contributed by atoms with Crippen LogP contribution in [0.4, 0.5) is 0 Å². The number of nitrogens with zero attached hydrogens (tertiary/aromatic N) is 1. The van der Waals surface area contributed by atoms with E-state index in [2.05, 4.69) is 38.2 Å². The molecule has 1 heterocycles. The van der Waals surface area contributed by atoms with E-state index in [1.54, 1.807) is 0 Å². The summed E-state index contributed by atoms with van der Waals surface area (Å²) in [5.41, 5.74) is 0.432. The summed E-state index contributed by atoms with van der Waals surface area (Å²) in [5, 5.41) is 3.43. The molecular formula is C10H22N2O. The van der Waals surface area contributed by atoms with Crippen molar-refractivity contribution in [2.75, 3.05) is 27.2 Å². The number of carbonyl (C=O) groups is 1. The van der Waals surface area contributed by atoms with Gasteiger partial charge in [0.05, 0.1) is 0 Å². The highest BCUT2D eigenvalue weighted by Crippen LogP contribution is 2.27. The molecule has 1 N–H and O–H groups in total. The van der Waals surface area contributed by atoms with Gasteiger partial charge < -0.3 is 15.0 Å². The molecule has 1 rings (SSSR count). The van der Waals surface area contributed by atoms with Crippen LogP contribution in [-0.4, -0.2) is 44.9 Å². The zero-order valence-electron chi connectivity index (χ0n) is 9.26. The molecule has 0 aromatic carbocycles. The van der Waals surface area contributed by atoms with Gasteiger partial charge in [-0.05, 0) is 32.5 Å². The van der Waals surface area contributed by atoms with Crippen LogP contribution in [0, 0.1) is 5.41 Å². The van der Waals surface area contributed by atoms with Crippen molar-refractivity contribution in [3.8, 4) is 0 Å². The molecule has 13 heavy (non-hydrogen) atoms. The van der Waals surface area contributed by atoms with Crippen LogP contribution in [0.2, 0.25) is 0 Å². The second-order valence-electron chi connectivity index (χ2n) is 4.43. The summed E-state index contributed by atoms with van der Waals surface area (Å²) in [6, 6.07) is 0.740. The highest BCUT2D eigenvalue weighted by Gasteiger charge is 2.33. The minimum absolute atomic E-state index is 0.432. The Labute approximate surface area is 81.5 Å². The van der Waals surface area contributed by atoms with E-state index in [0.29, 0.717) is 5.41 Å². The Balaban J connectivity index is 0.000000671. The molecule has 0 aromatic heterocycles. The maximum absolute atomic E-state index is 8.00.